The Morgan fingerprint density at radius 1 is 1.08 bits per heavy atom. The summed E-state index contributed by atoms with van der Waals surface area (Å²) in [6, 6.07) is 9.89. The van der Waals surface area contributed by atoms with Crippen molar-refractivity contribution in [3.8, 4) is 11.1 Å². The molecule has 0 spiro atoms. The van der Waals surface area contributed by atoms with E-state index in [-0.39, 0.29) is 0 Å². The molecule has 0 bridgehead atoms. The van der Waals surface area contributed by atoms with Gasteiger partial charge in [0, 0.05) is 24.3 Å². The highest BCUT2D eigenvalue weighted by Gasteiger charge is 2.24. The van der Waals surface area contributed by atoms with Crippen LogP contribution in [-0.4, -0.2) is 29.1 Å². The number of nitrogens with zero attached hydrogens (tertiary/aromatic N) is 2. The van der Waals surface area contributed by atoms with E-state index in [1.54, 1.807) is 0 Å². The predicted octanol–water partition coefficient (Wildman–Crippen LogP) is 4.44. The molecule has 1 aromatic heterocycles. The number of aromatic carboxylic acids is 1. The van der Waals surface area contributed by atoms with Gasteiger partial charge in [0.05, 0.1) is 0 Å². The van der Waals surface area contributed by atoms with Crippen LogP contribution in [0.15, 0.2) is 30.3 Å². The van der Waals surface area contributed by atoms with Gasteiger partial charge in [-0.3, -0.25) is 0 Å². The van der Waals surface area contributed by atoms with Crippen LogP contribution >= 0.6 is 0 Å². The highest BCUT2D eigenvalue weighted by Crippen LogP contribution is 2.32. The second-order valence-corrected chi connectivity index (χ2v) is 6.59. The fourth-order valence-electron chi connectivity index (χ4n) is 3.42. The van der Waals surface area contributed by atoms with Crippen LogP contribution in [0.3, 0.4) is 0 Å². The Hall–Kier alpha value is -2.36. The summed E-state index contributed by atoms with van der Waals surface area (Å²) in [5, 5.41) is 9.90. The molecule has 3 rings (SSSR count). The molecule has 2 aromatic rings. The maximum Gasteiger partial charge on any atom is 0.340 e. The molecule has 0 aliphatic carbocycles. The first-order valence-corrected chi connectivity index (χ1v) is 8.63. The molecule has 126 valence electrons. The summed E-state index contributed by atoms with van der Waals surface area (Å²) >= 11 is 0. The zero-order valence-corrected chi connectivity index (χ0v) is 14.4. The molecule has 24 heavy (non-hydrogen) atoms. The lowest BCUT2D eigenvalue weighted by atomic mass is 9.98. The molecule has 1 aromatic carbocycles. The van der Waals surface area contributed by atoms with E-state index in [9.17, 15) is 9.90 Å². The Morgan fingerprint density at radius 2 is 1.79 bits per heavy atom. The van der Waals surface area contributed by atoms with Crippen LogP contribution in [0, 0.1) is 13.8 Å². The van der Waals surface area contributed by atoms with Crippen molar-refractivity contribution in [3.05, 3.63) is 47.2 Å². The number of carbonyl (C=O) groups is 1. The number of aryl methyl sites for hydroxylation is 2. The smallest absolute Gasteiger partial charge is 0.340 e. The van der Waals surface area contributed by atoms with Crippen LogP contribution in [-0.2, 0) is 0 Å². The molecule has 0 atom stereocenters. The van der Waals surface area contributed by atoms with Crippen LogP contribution in [0.2, 0.25) is 0 Å². The Kier molecular flexibility index (Phi) is 4.84. The van der Waals surface area contributed by atoms with Crippen LogP contribution in [0.1, 0.15) is 47.3 Å². The topological polar surface area (TPSA) is 53.4 Å². The second-order valence-electron chi connectivity index (χ2n) is 6.59. The van der Waals surface area contributed by atoms with Gasteiger partial charge in [0.1, 0.15) is 11.4 Å². The molecular weight excluding hydrogens is 300 g/mol. The molecule has 0 amide bonds. The third kappa shape index (κ3) is 3.42. The van der Waals surface area contributed by atoms with Crippen molar-refractivity contribution >= 4 is 11.8 Å². The summed E-state index contributed by atoms with van der Waals surface area (Å²) in [7, 11) is 0. The zero-order valence-electron chi connectivity index (χ0n) is 14.4. The average molecular weight is 324 g/mol. The standard InChI is InChI=1S/C20H24N2O2/c1-14-8-7-9-16(12-14)17-13-15(2)21-19(18(17)20(23)24)22-10-5-3-4-6-11-22/h7-9,12-13H,3-6,10-11H2,1-2H3,(H,23,24). The van der Waals surface area contributed by atoms with Crippen molar-refractivity contribution in [1.29, 1.82) is 0 Å². The molecule has 4 nitrogen and oxygen atoms in total. The number of carboxylic acid groups (broad SMARTS) is 1. The fourth-order valence-corrected chi connectivity index (χ4v) is 3.42. The fraction of sp³-hybridized carbons (Fsp3) is 0.400. The zero-order chi connectivity index (χ0) is 17.1. The van der Waals surface area contributed by atoms with E-state index in [1.165, 1.54) is 12.8 Å². The first kappa shape index (κ1) is 16.5. The molecule has 1 aliphatic heterocycles. The number of benzene rings is 1. The number of pyridine rings is 1. The Bertz CT molecular complexity index is 747. The summed E-state index contributed by atoms with van der Waals surface area (Å²) in [6.45, 7) is 5.72. The summed E-state index contributed by atoms with van der Waals surface area (Å²) in [5.41, 5.74) is 4.00. The summed E-state index contributed by atoms with van der Waals surface area (Å²) < 4.78 is 0. The first-order valence-electron chi connectivity index (χ1n) is 8.63. The van der Waals surface area contributed by atoms with E-state index in [1.807, 2.05) is 44.2 Å². The van der Waals surface area contributed by atoms with E-state index >= 15 is 0 Å². The predicted molar refractivity (Wildman–Crippen MR) is 96.8 cm³/mol. The largest absolute Gasteiger partial charge is 0.478 e. The van der Waals surface area contributed by atoms with Gasteiger partial charge < -0.3 is 10.0 Å². The first-order chi connectivity index (χ1) is 11.6. The minimum atomic E-state index is -0.904. The monoisotopic (exact) mass is 324 g/mol. The van der Waals surface area contributed by atoms with E-state index in [2.05, 4.69) is 9.88 Å². The number of hydrogen-bond donors (Lipinski definition) is 1. The summed E-state index contributed by atoms with van der Waals surface area (Å²) in [4.78, 5) is 18.8. The van der Waals surface area contributed by atoms with Crippen molar-refractivity contribution in [2.24, 2.45) is 0 Å². The van der Waals surface area contributed by atoms with Gasteiger partial charge in [0.25, 0.3) is 0 Å². The Labute approximate surface area is 143 Å². The highest BCUT2D eigenvalue weighted by molar-refractivity contribution is 6.01. The molecule has 2 heterocycles. The van der Waals surface area contributed by atoms with Gasteiger partial charge in [0.15, 0.2) is 0 Å². The van der Waals surface area contributed by atoms with E-state index in [4.69, 9.17) is 0 Å². The lowest BCUT2D eigenvalue weighted by Gasteiger charge is -2.25. The number of rotatable bonds is 3. The third-order valence-corrected chi connectivity index (χ3v) is 4.58. The third-order valence-electron chi connectivity index (χ3n) is 4.58. The van der Waals surface area contributed by atoms with Crippen molar-refractivity contribution in [2.75, 3.05) is 18.0 Å². The molecule has 0 saturated carbocycles. The van der Waals surface area contributed by atoms with Gasteiger partial charge in [0.2, 0.25) is 0 Å². The van der Waals surface area contributed by atoms with Crippen molar-refractivity contribution in [1.82, 2.24) is 4.98 Å². The number of carboxylic acids is 1. The van der Waals surface area contributed by atoms with Crippen LogP contribution in [0.5, 0.6) is 0 Å². The van der Waals surface area contributed by atoms with Crippen LogP contribution < -0.4 is 4.90 Å². The number of aromatic nitrogens is 1. The van der Waals surface area contributed by atoms with Gasteiger partial charge in [-0.05, 0) is 38.3 Å². The quantitative estimate of drug-likeness (QED) is 0.906. The van der Waals surface area contributed by atoms with Crippen molar-refractivity contribution in [3.63, 3.8) is 0 Å². The molecule has 1 fully saturated rings. The molecule has 0 radical (unpaired) electrons. The number of anilines is 1. The summed E-state index contributed by atoms with van der Waals surface area (Å²) in [6.07, 6.45) is 4.59. The maximum atomic E-state index is 12.1. The Morgan fingerprint density at radius 3 is 2.42 bits per heavy atom. The Balaban J connectivity index is 2.17. The van der Waals surface area contributed by atoms with E-state index < -0.39 is 5.97 Å². The van der Waals surface area contributed by atoms with Crippen molar-refractivity contribution in [2.45, 2.75) is 39.5 Å². The minimum absolute atomic E-state index is 0.327. The normalized spacial score (nSPS) is 15.2. The van der Waals surface area contributed by atoms with Gasteiger partial charge in [-0.1, -0.05) is 42.7 Å². The number of hydrogen-bond acceptors (Lipinski definition) is 3. The van der Waals surface area contributed by atoms with E-state index in [0.717, 1.165) is 48.3 Å². The second kappa shape index (κ2) is 7.04. The minimum Gasteiger partial charge on any atom is -0.478 e. The molecule has 1 saturated heterocycles. The molecule has 1 aliphatic rings. The molecular formula is C20H24N2O2. The van der Waals surface area contributed by atoms with Crippen LogP contribution in [0.25, 0.3) is 11.1 Å². The molecule has 4 heteroatoms. The van der Waals surface area contributed by atoms with Crippen molar-refractivity contribution < 1.29 is 9.90 Å². The lowest BCUT2D eigenvalue weighted by Crippen LogP contribution is -2.27. The molecule has 0 unspecified atom stereocenters. The van der Waals surface area contributed by atoms with Crippen LogP contribution in [0.4, 0.5) is 5.82 Å². The lowest BCUT2D eigenvalue weighted by molar-refractivity contribution is 0.0698. The SMILES string of the molecule is Cc1cccc(-c2cc(C)nc(N3CCCCCC3)c2C(=O)O)c1. The van der Waals surface area contributed by atoms with Gasteiger partial charge >= 0.3 is 5.97 Å². The summed E-state index contributed by atoms with van der Waals surface area (Å²) in [5.74, 6) is -0.279. The maximum absolute atomic E-state index is 12.1. The highest BCUT2D eigenvalue weighted by atomic mass is 16.4. The average Bonchev–Trinajstić information content (AvgIpc) is 2.83. The molecule has 1 N–H and O–H groups in total. The van der Waals surface area contributed by atoms with Gasteiger partial charge in [-0.15, -0.1) is 0 Å². The van der Waals surface area contributed by atoms with E-state index in [0.29, 0.717) is 11.4 Å². The van der Waals surface area contributed by atoms with Gasteiger partial charge in [-0.25, -0.2) is 9.78 Å². The van der Waals surface area contributed by atoms with Gasteiger partial charge in [-0.2, -0.15) is 0 Å².